The van der Waals surface area contributed by atoms with Crippen LogP contribution < -0.4 is 17.0 Å². The molecule has 0 bridgehead atoms. The van der Waals surface area contributed by atoms with Crippen molar-refractivity contribution in [2.24, 2.45) is 5.73 Å². The van der Waals surface area contributed by atoms with E-state index in [-0.39, 0.29) is 19.4 Å². The van der Waals surface area contributed by atoms with E-state index in [0.717, 1.165) is 15.7 Å². The van der Waals surface area contributed by atoms with Crippen molar-refractivity contribution in [3.63, 3.8) is 0 Å². The Kier molecular flexibility index (Phi) is 8.09. The zero-order valence-electron chi connectivity index (χ0n) is 19.8. The van der Waals surface area contributed by atoms with E-state index in [0.29, 0.717) is 18.6 Å². The molecule has 0 aliphatic carbocycles. The third-order valence-electron chi connectivity index (χ3n) is 6.08. The number of benzene rings is 2. The largest absolute Gasteiger partial charge is 0.371 e. The van der Waals surface area contributed by atoms with E-state index in [1.807, 2.05) is 60.7 Å². The summed E-state index contributed by atoms with van der Waals surface area (Å²) in [5, 5.41) is 0. The van der Waals surface area contributed by atoms with Crippen molar-refractivity contribution < 1.29 is 14.2 Å². The maximum atomic E-state index is 13.3. The maximum Gasteiger partial charge on any atom is 0.335 e. The highest BCUT2D eigenvalue weighted by Gasteiger charge is 2.40. The molecule has 8 heteroatoms. The first-order chi connectivity index (χ1) is 17.0. The second-order valence-corrected chi connectivity index (χ2v) is 8.64. The van der Waals surface area contributed by atoms with Gasteiger partial charge in [0, 0.05) is 18.2 Å². The fourth-order valence-electron chi connectivity index (χ4n) is 4.16. The lowest BCUT2D eigenvalue weighted by atomic mass is 10.1. The van der Waals surface area contributed by atoms with Crippen molar-refractivity contribution in [3.05, 3.63) is 117 Å². The van der Waals surface area contributed by atoms with E-state index in [4.69, 9.17) is 19.9 Å². The summed E-state index contributed by atoms with van der Waals surface area (Å²) in [7, 11) is 0. The smallest absolute Gasteiger partial charge is 0.335 e. The molecule has 1 aromatic heterocycles. The molecule has 2 aromatic carbocycles. The van der Waals surface area contributed by atoms with E-state index in [1.165, 1.54) is 10.8 Å². The van der Waals surface area contributed by atoms with Gasteiger partial charge >= 0.3 is 5.69 Å². The van der Waals surface area contributed by atoms with Crippen LogP contribution in [0.5, 0.6) is 0 Å². The number of hydrogen-bond donors (Lipinski definition) is 1. The van der Waals surface area contributed by atoms with Crippen LogP contribution in [0.25, 0.3) is 0 Å². The van der Waals surface area contributed by atoms with E-state index in [9.17, 15) is 9.59 Å². The Morgan fingerprint density at radius 2 is 1.71 bits per heavy atom. The van der Waals surface area contributed by atoms with Gasteiger partial charge in [-0.15, -0.1) is 6.58 Å². The van der Waals surface area contributed by atoms with E-state index >= 15 is 0 Å². The molecule has 35 heavy (non-hydrogen) atoms. The number of nitrogens with two attached hydrogens (primary N) is 1. The monoisotopic (exact) mass is 477 g/mol. The molecule has 0 saturated carbocycles. The van der Waals surface area contributed by atoms with Crippen LogP contribution in [0.15, 0.2) is 89.1 Å². The lowest BCUT2D eigenvalue weighted by Gasteiger charge is -2.23. The van der Waals surface area contributed by atoms with Crippen molar-refractivity contribution in [1.82, 2.24) is 9.13 Å². The molecule has 2 heterocycles. The van der Waals surface area contributed by atoms with Crippen molar-refractivity contribution in [1.29, 1.82) is 0 Å². The van der Waals surface area contributed by atoms with Gasteiger partial charge in [0.15, 0.2) is 0 Å². The average molecular weight is 478 g/mol. The number of aryl methyl sites for hydroxylation is 1. The SMILES string of the molecule is C=C[C@@H](N)[C@H]1O[C@@H](n2cc(C)c(=O)n(COCc3ccccc3)c2=O)C[C@@H]1OCc1ccccc1. The minimum atomic E-state index is -0.640. The van der Waals surface area contributed by atoms with E-state index < -0.39 is 29.6 Å². The Balaban J connectivity index is 1.53. The number of nitrogens with zero attached hydrogens (tertiary/aromatic N) is 2. The van der Waals surface area contributed by atoms with Gasteiger partial charge in [-0.1, -0.05) is 66.7 Å². The predicted octanol–water partition coefficient (Wildman–Crippen LogP) is 2.88. The summed E-state index contributed by atoms with van der Waals surface area (Å²) < 4.78 is 20.5. The number of rotatable bonds is 10. The third-order valence-corrected chi connectivity index (χ3v) is 6.08. The molecule has 1 aliphatic heterocycles. The predicted molar refractivity (Wildman–Crippen MR) is 133 cm³/mol. The minimum Gasteiger partial charge on any atom is -0.371 e. The Labute approximate surface area is 204 Å². The second-order valence-electron chi connectivity index (χ2n) is 8.64. The molecule has 0 spiro atoms. The van der Waals surface area contributed by atoms with Crippen molar-refractivity contribution >= 4 is 0 Å². The summed E-state index contributed by atoms with van der Waals surface area (Å²) in [4.78, 5) is 26.0. The zero-order chi connectivity index (χ0) is 24.8. The first-order valence-corrected chi connectivity index (χ1v) is 11.6. The topological polar surface area (TPSA) is 97.7 Å². The van der Waals surface area contributed by atoms with Crippen LogP contribution in [-0.4, -0.2) is 27.4 Å². The van der Waals surface area contributed by atoms with Crippen molar-refractivity contribution in [2.45, 2.75) is 57.8 Å². The summed E-state index contributed by atoms with van der Waals surface area (Å²) >= 11 is 0. The van der Waals surface area contributed by atoms with Gasteiger partial charge in [0.05, 0.1) is 25.4 Å². The van der Waals surface area contributed by atoms with Crippen LogP contribution in [0.2, 0.25) is 0 Å². The summed E-state index contributed by atoms with van der Waals surface area (Å²) in [5.74, 6) is 0. The highest BCUT2D eigenvalue weighted by atomic mass is 16.6. The maximum absolute atomic E-state index is 13.3. The second kappa shape index (κ2) is 11.4. The summed E-state index contributed by atoms with van der Waals surface area (Å²) in [6, 6.07) is 18.9. The molecule has 3 aromatic rings. The Morgan fingerprint density at radius 1 is 1.09 bits per heavy atom. The van der Waals surface area contributed by atoms with Crippen LogP contribution in [0.4, 0.5) is 0 Å². The first kappa shape index (κ1) is 24.8. The van der Waals surface area contributed by atoms with Gasteiger partial charge in [-0.2, -0.15) is 0 Å². The van der Waals surface area contributed by atoms with Gasteiger partial charge in [-0.05, 0) is 18.1 Å². The minimum absolute atomic E-state index is 0.162. The van der Waals surface area contributed by atoms with Crippen LogP contribution in [0, 0.1) is 6.92 Å². The molecule has 8 nitrogen and oxygen atoms in total. The molecule has 1 saturated heterocycles. The van der Waals surface area contributed by atoms with Crippen molar-refractivity contribution in [3.8, 4) is 0 Å². The van der Waals surface area contributed by atoms with Gasteiger partial charge < -0.3 is 19.9 Å². The molecule has 184 valence electrons. The molecule has 4 rings (SSSR count). The van der Waals surface area contributed by atoms with Crippen LogP contribution in [0.1, 0.15) is 29.3 Å². The van der Waals surface area contributed by atoms with Gasteiger partial charge in [-0.3, -0.25) is 9.36 Å². The number of hydrogen-bond acceptors (Lipinski definition) is 6. The van der Waals surface area contributed by atoms with E-state index in [1.54, 1.807) is 13.0 Å². The average Bonchev–Trinajstić information content (AvgIpc) is 3.31. The summed E-state index contributed by atoms with van der Waals surface area (Å²) in [6.45, 7) is 5.96. The van der Waals surface area contributed by atoms with Crippen LogP contribution in [0.3, 0.4) is 0 Å². The quantitative estimate of drug-likeness (QED) is 0.451. The number of aromatic nitrogens is 2. The molecule has 4 atom stereocenters. The van der Waals surface area contributed by atoms with Gasteiger partial charge in [0.2, 0.25) is 0 Å². The molecule has 1 fully saturated rings. The molecule has 2 N–H and O–H groups in total. The molecule has 0 radical (unpaired) electrons. The first-order valence-electron chi connectivity index (χ1n) is 11.6. The Bertz CT molecular complexity index is 1240. The van der Waals surface area contributed by atoms with E-state index in [2.05, 4.69) is 6.58 Å². The van der Waals surface area contributed by atoms with Gasteiger partial charge in [-0.25, -0.2) is 9.36 Å². The Morgan fingerprint density at radius 3 is 2.34 bits per heavy atom. The lowest BCUT2D eigenvalue weighted by Crippen LogP contribution is -2.43. The summed E-state index contributed by atoms with van der Waals surface area (Å²) in [5.41, 5.74) is 7.72. The number of ether oxygens (including phenoxy) is 3. The van der Waals surface area contributed by atoms with Crippen molar-refractivity contribution in [2.75, 3.05) is 0 Å². The Hall–Kier alpha value is -3.30. The normalized spacial score (nSPS) is 20.6. The standard InChI is InChI=1S/C27H31N3O5/c1-3-22(28)25-23(34-17-21-12-8-5-9-13-21)14-24(35-25)29-15-19(2)26(31)30(27(29)32)18-33-16-20-10-6-4-7-11-20/h3-13,15,22-25H,1,14,16-18,28H2,2H3/t22-,23+,24-,25-/m1/s1. The lowest BCUT2D eigenvalue weighted by molar-refractivity contribution is -0.0493. The molecular formula is C27H31N3O5. The highest BCUT2D eigenvalue weighted by molar-refractivity contribution is 5.14. The highest BCUT2D eigenvalue weighted by Crippen LogP contribution is 2.32. The zero-order valence-corrected chi connectivity index (χ0v) is 19.8. The molecule has 0 amide bonds. The third kappa shape index (κ3) is 5.86. The molecular weight excluding hydrogens is 446 g/mol. The van der Waals surface area contributed by atoms with Crippen LogP contribution in [-0.2, 0) is 34.2 Å². The fourth-order valence-corrected chi connectivity index (χ4v) is 4.16. The summed E-state index contributed by atoms with van der Waals surface area (Å²) in [6.07, 6.45) is 2.07. The molecule has 0 unspecified atom stereocenters. The van der Waals surface area contributed by atoms with Crippen LogP contribution >= 0.6 is 0 Å². The fraction of sp³-hybridized carbons (Fsp3) is 0.333. The van der Waals surface area contributed by atoms with Gasteiger partial charge in [0.1, 0.15) is 19.1 Å². The molecule has 1 aliphatic rings. The van der Waals surface area contributed by atoms with Gasteiger partial charge in [0.25, 0.3) is 5.56 Å².